The molecule has 1 aromatic heterocycles. The minimum Gasteiger partial charge on any atom is -0.397 e. The zero-order valence-corrected chi connectivity index (χ0v) is 10.8. The van der Waals surface area contributed by atoms with Gasteiger partial charge in [-0.05, 0) is 22.0 Å². The van der Waals surface area contributed by atoms with Crippen LogP contribution in [0.2, 0.25) is 0 Å². The Hall–Kier alpha value is -1.56. The van der Waals surface area contributed by atoms with Crippen molar-refractivity contribution in [2.45, 2.75) is 6.54 Å². The molecule has 2 aromatic rings. The van der Waals surface area contributed by atoms with Crippen molar-refractivity contribution in [3.63, 3.8) is 0 Å². The number of imidazole rings is 1. The molecule has 0 atom stereocenters. The minimum atomic E-state index is -0.346. The van der Waals surface area contributed by atoms with E-state index < -0.39 is 0 Å². The smallest absolute Gasteiger partial charge is 0.139 e. The number of benzene rings is 1. The summed E-state index contributed by atoms with van der Waals surface area (Å²) in [5.74, 6) is 0.509. The first-order valence-corrected chi connectivity index (χ1v) is 5.82. The van der Waals surface area contributed by atoms with Gasteiger partial charge in [-0.25, -0.2) is 9.37 Å². The molecule has 0 radical (unpaired) electrons. The van der Waals surface area contributed by atoms with Gasteiger partial charge in [-0.1, -0.05) is 0 Å². The predicted molar refractivity (Wildman–Crippen MR) is 69.0 cm³/mol. The molecule has 6 heteroatoms. The van der Waals surface area contributed by atoms with Crippen molar-refractivity contribution < 1.29 is 4.39 Å². The Balaban J connectivity index is 2.14. The summed E-state index contributed by atoms with van der Waals surface area (Å²) in [4.78, 5) is 4.16. The zero-order valence-electron chi connectivity index (χ0n) is 9.24. The third kappa shape index (κ3) is 2.58. The van der Waals surface area contributed by atoms with Crippen LogP contribution in [0.15, 0.2) is 29.0 Å². The van der Waals surface area contributed by atoms with Crippen LogP contribution in [0.4, 0.5) is 15.8 Å². The molecule has 17 heavy (non-hydrogen) atoms. The van der Waals surface area contributed by atoms with Crippen molar-refractivity contribution in [1.82, 2.24) is 9.55 Å². The van der Waals surface area contributed by atoms with Crippen LogP contribution in [0.25, 0.3) is 0 Å². The summed E-state index contributed by atoms with van der Waals surface area (Å²) in [7, 11) is 1.90. The van der Waals surface area contributed by atoms with Gasteiger partial charge < -0.3 is 15.6 Å². The fourth-order valence-corrected chi connectivity index (χ4v) is 1.82. The van der Waals surface area contributed by atoms with Gasteiger partial charge in [0.2, 0.25) is 0 Å². The molecule has 1 aromatic carbocycles. The standard InChI is InChI=1S/C11H12BrFN4/c1-17-3-2-15-11(17)6-16-10-5-8(13)7(12)4-9(10)14/h2-5,16H,6,14H2,1H3. The Bertz CT molecular complexity index is 538. The third-order valence-corrected chi connectivity index (χ3v) is 3.06. The fraction of sp³-hybridized carbons (Fsp3) is 0.182. The summed E-state index contributed by atoms with van der Waals surface area (Å²) >= 11 is 3.08. The Morgan fingerprint density at radius 3 is 2.94 bits per heavy atom. The van der Waals surface area contributed by atoms with Gasteiger partial charge in [-0.2, -0.15) is 0 Å². The van der Waals surface area contributed by atoms with Gasteiger partial charge in [-0.15, -0.1) is 0 Å². The molecule has 0 aliphatic rings. The van der Waals surface area contributed by atoms with Crippen molar-refractivity contribution in [2.75, 3.05) is 11.1 Å². The van der Waals surface area contributed by atoms with Crippen LogP contribution in [0.3, 0.4) is 0 Å². The first kappa shape index (κ1) is 11.9. The maximum absolute atomic E-state index is 13.3. The second-order valence-corrected chi connectivity index (χ2v) is 4.52. The highest BCUT2D eigenvalue weighted by Gasteiger charge is 2.06. The van der Waals surface area contributed by atoms with Crippen LogP contribution in [0.1, 0.15) is 5.82 Å². The number of nitrogens with one attached hydrogen (secondary N) is 1. The molecule has 1 heterocycles. The second-order valence-electron chi connectivity index (χ2n) is 3.66. The molecule has 0 saturated carbocycles. The number of hydrogen-bond donors (Lipinski definition) is 2. The number of aryl methyl sites for hydroxylation is 1. The Morgan fingerprint density at radius 2 is 2.29 bits per heavy atom. The molecular weight excluding hydrogens is 287 g/mol. The number of anilines is 2. The van der Waals surface area contributed by atoms with Crippen LogP contribution < -0.4 is 11.1 Å². The summed E-state index contributed by atoms with van der Waals surface area (Å²) in [5, 5.41) is 3.06. The van der Waals surface area contributed by atoms with Crippen molar-refractivity contribution in [3.05, 3.63) is 40.6 Å². The summed E-state index contributed by atoms with van der Waals surface area (Å²) in [6.45, 7) is 0.495. The van der Waals surface area contributed by atoms with E-state index in [1.807, 2.05) is 17.8 Å². The van der Waals surface area contributed by atoms with Gasteiger partial charge in [0.1, 0.15) is 11.6 Å². The molecular formula is C11H12BrFN4. The highest BCUT2D eigenvalue weighted by molar-refractivity contribution is 9.10. The molecule has 0 fully saturated rings. The fourth-order valence-electron chi connectivity index (χ4n) is 1.46. The van der Waals surface area contributed by atoms with Gasteiger partial charge in [-0.3, -0.25) is 0 Å². The third-order valence-electron chi connectivity index (χ3n) is 2.45. The van der Waals surface area contributed by atoms with Crippen LogP contribution >= 0.6 is 15.9 Å². The molecule has 0 aliphatic heterocycles. The number of halogens is 2. The Labute approximate surface area is 107 Å². The molecule has 2 rings (SSSR count). The van der Waals surface area contributed by atoms with Gasteiger partial charge in [0.05, 0.1) is 22.4 Å². The van der Waals surface area contributed by atoms with Crippen LogP contribution in [-0.4, -0.2) is 9.55 Å². The topological polar surface area (TPSA) is 55.9 Å². The molecule has 3 N–H and O–H groups in total. The van der Waals surface area contributed by atoms with E-state index in [4.69, 9.17) is 5.73 Å². The molecule has 0 bridgehead atoms. The lowest BCUT2D eigenvalue weighted by atomic mass is 10.2. The molecule has 0 unspecified atom stereocenters. The van der Waals surface area contributed by atoms with Crippen molar-refractivity contribution in [1.29, 1.82) is 0 Å². The van der Waals surface area contributed by atoms with E-state index in [9.17, 15) is 4.39 Å². The van der Waals surface area contributed by atoms with E-state index in [2.05, 4.69) is 26.2 Å². The largest absolute Gasteiger partial charge is 0.397 e. The summed E-state index contributed by atoms with van der Waals surface area (Å²) < 4.78 is 15.6. The Kier molecular flexibility index (Phi) is 3.33. The van der Waals surface area contributed by atoms with E-state index in [0.29, 0.717) is 22.4 Å². The lowest BCUT2D eigenvalue weighted by Crippen LogP contribution is -2.07. The SMILES string of the molecule is Cn1ccnc1CNc1cc(F)c(Br)cc1N. The van der Waals surface area contributed by atoms with Gasteiger partial charge >= 0.3 is 0 Å². The van der Waals surface area contributed by atoms with Gasteiger partial charge in [0.25, 0.3) is 0 Å². The summed E-state index contributed by atoms with van der Waals surface area (Å²) in [6, 6.07) is 2.90. The number of rotatable bonds is 3. The van der Waals surface area contributed by atoms with Crippen molar-refractivity contribution in [2.24, 2.45) is 7.05 Å². The highest BCUT2D eigenvalue weighted by Crippen LogP contribution is 2.26. The first-order valence-electron chi connectivity index (χ1n) is 5.02. The second kappa shape index (κ2) is 4.75. The minimum absolute atomic E-state index is 0.346. The van der Waals surface area contributed by atoms with E-state index in [1.54, 1.807) is 6.20 Å². The average molecular weight is 299 g/mol. The van der Waals surface area contributed by atoms with E-state index in [1.165, 1.54) is 12.1 Å². The molecule has 0 aliphatic carbocycles. The molecule has 4 nitrogen and oxygen atoms in total. The number of hydrogen-bond acceptors (Lipinski definition) is 3. The lowest BCUT2D eigenvalue weighted by Gasteiger charge is -2.10. The maximum Gasteiger partial charge on any atom is 0.139 e. The van der Waals surface area contributed by atoms with E-state index in [0.717, 1.165) is 5.82 Å². The maximum atomic E-state index is 13.3. The molecule has 90 valence electrons. The Morgan fingerprint density at radius 1 is 1.53 bits per heavy atom. The number of nitrogens with zero attached hydrogens (tertiary/aromatic N) is 2. The van der Waals surface area contributed by atoms with E-state index >= 15 is 0 Å². The van der Waals surface area contributed by atoms with Gasteiger partial charge in [0.15, 0.2) is 0 Å². The predicted octanol–water partition coefficient (Wildman–Crippen LogP) is 2.52. The molecule has 0 amide bonds. The lowest BCUT2D eigenvalue weighted by molar-refractivity contribution is 0.621. The zero-order chi connectivity index (χ0) is 12.4. The first-order chi connectivity index (χ1) is 8.08. The summed E-state index contributed by atoms with van der Waals surface area (Å²) in [5.41, 5.74) is 6.84. The number of nitrogens with two attached hydrogens (primary N) is 1. The van der Waals surface area contributed by atoms with Crippen LogP contribution in [0.5, 0.6) is 0 Å². The average Bonchev–Trinajstić information content (AvgIpc) is 2.68. The summed E-state index contributed by atoms with van der Waals surface area (Å²) in [6.07, 6.45) is 3.56. The highest BCUT2D eigenvalue weighted by atomic mass is 79.9. The molecule has 0 saturated heterocycles. The van der Waals surface area contributed by atoms with Crippen molar-refractivity contribution >= 4 is 27.3 Å². The van der Waals surface area contributed by atoms with Crippen LogP contribution in [-0.2, 0) is 13.6 Å². The number of aromatic nitrogens is 2. The monoisotopic (exact) mass is 298 g/mol. The normalized spacial score (nSPS) is 10.5. The van der Waals surface area contributed by atoms with Crippen LogP contribution in [0, 0.1) is 5.82 Å². The van der Waals surface area contributed by atoms with E-state index in [-0.39, 0.29) is 5.82 Å². The van der Waals surface area contributed by atoms with Crippen molar-refractivity contribution in [3.8, 4) is 0 Å². The van der Waals surface area contributed by atoms with Gasteiger partial charge in [0, 0.05) is 25.5 Å². The number of nitrogen functional groups attached to an aromatic ring is 1. The quantitative estimate of drug-likeness (QED) is 0.856. The molecule has 0 spiro atoms.